The van der Waals surface area contributed by atoms with E-state index in [0.29, 0.717) is 29.9 Å². The molecule has 2 saturated carbocycles. The number of aliphatic hydroxyl groups excluding tert-OH is 2. The molecule has 24 heavy (non-hydrogen) atoms. The molecule has 2 fully saturated rings. The summed E-state index contributed by atoms with van der Waals surface area (Å²) in [4.78, 5) is 26.0. The molecular formula is C20H28O4. The van der Waals surface area contributed by atoms with Gasteiger partial charge in [0.25, 0.3) is 0 Å². The number of ketones is 2. The lowest BCUT2D eigenvalue weighted by atomic mass is 9.50. The third kappa shape index (κ3) is 1.53. The van der Waals surface area contributed by atoms with Gasteiger partial charge in [0, 0.05) is 22.5 Å². The van der Waals surface area contributed by atoms with E-state index < -0.39 is 23.0 Å². The Morgan fingerprint density at radius 1 is 1.08 bits per heavy atom. The van der Waals surface area contributed by atoms with Crippen LogP contribution in [0.25, 0.3) is 0 Å². The van der Waals surface area contributed by atoms with Crippen LogP contribution in [0.4, 0.5) is 0 Å². The second-order valence-corrected chi connectivity index (χ2v) is 9.65. The van der Waals surface area contributed by atoms with Crippen molar-refractivity contribution < 1.29 is 19.8 Å². The molecule has 4 nitrogen and oxygen atoms in total. The third-order valence-corrected chi connectivity index (χ3v) is 8.40. The van der Waals surface area contributed by atoms with Crippen LogP contribution in [0.15, 0.2) is 11.1 Å². The van der Waals surface area contributed by atoms with E-state index in [2.05, 4.69) is 13.8 Å². The zero-order chi connectivity index (χ0) is 17.8. The van der Waals surface area contributed by atoms with Crippen molar-refractivity contribution in [2.75, 3.05) is 0 Å². The number of hydrogen-bond donors (Lipinski definition) is 2. The van der Waals surface area contributed by atoms with Gasteiger partial charge in [0.2, 0.25) is 0 Å². The fourth-order valence-electron chi connectivity index (χ4n) is 6.26. The molecule has 0 heterocycles. The van der Waals surface area contributed by atoms with Gasteiger partial charge in [-0.25, -0.2) is 0 Å². The minimum absolute atomic E-state index is 0.0441. The maximum Gasteiger partial charge on any atom is 0.168 e. The quantitative estimate of drug-likeness (QED) is 0.714. The molecule has 2 N–H and O–H groups in total. The van der Waals surface area contributed by atoms with Crippen LogP contribution in [0.2, 0.25) is 0 Å². The summed E-state index contributed by atoms with van der Waals surface area (Å²) in [6, 6.07) is 0. The van der Waals surface area contributed by atoms with Crippen LogP contribution in [0.5, 0.6) is 0 Å². The van der Waals surface area contributed by atoms with Gasteiger partial charge >= 0.3 is 0 Å². The van der Waals surface area contributed by atoms with E-state index in [1.807, 2.05) is 20.8 Å². The number of hydrogen-bond acceptors (Lipinski definition) is 4. The number of aliphatic hydroxyl groups is 2. The van der Waals surface area contributed by atoms with Crippen LogP contribution in [-0.4, -0.2) is 34.0 Å². The van der Waals surface area contributed by atoms with Gasteiger partial charge in [-0.3, -0.25) is 9.59 Å². The van der Waals surface area contributed by atoms with Gasteiger partial charge in [0.05, 0.1) is 17.6 Å². The summed E-state index contributed by atoms with van der Waals surface area (Å²) in [7, 11) is 0. The van der Waals surface area contributed by atoms with E-state index in [0.717, 1.165) is 6.42 Å². The van der Waals surface area contributed by atoms with Crippen molar-refractivity contribution in [2.45, 2.75) is 66.1 Å². The standard InChI is InChI=1S/C20H28O4/c1-9-8-10-12(14(9)21)16(23)19(4)7-6-11-13(18(11,2)3)17(24)20(19,5)15(10)22/h9,11,13,16-17,23-24H,6-8H2,1-5H3/t9-,11+,13+,16+,17-,19-,20+/m1/s1. The van der Waals surface area contributed by atoms with Crippen molar-refractivity contribution in [1.29, 1.82) is 0 Å². The zero-order valence-corrected chi connectivity index (χ0v) is 15.2. The van der Waals surface area contributed by atoms with E-state index in [-0.39, 0.29) is 28.8 Å². The molecule has 0 aromatic rings. The van der Waals surface area contributed by atoms with Gasteiger partial charge in [-0.05, 0) is 43.4 Å². The summed E-state index contributed by atoms with van der Waals surface area (Å²) in [6.07, 6.45) is 0.226. The van der Waals surface area contributed by atoms with Crippen molar-refractivity contribution in [2.24, 2.45) is 34.0 Å². The molecule has 0 saturated heterocycles. The molecule has 0 aliphatic heterocycles. The highest BCUT2D eigenvalue weighted by Gasteiger charge is 2.73. The third-order valence-electron chi connectivity index (χ3n) is 8.40. The van der Waals surface area contributed by atoms with Crippen molar-refractivity contribution in [1.82, 2.24) is 0 Å². The summed E-state index contributed by atoms with van der Waals surface area (Å²) >= 11 is 0. The van der Waals surface area contributed by atoms with E-state index in [1.165, 1.54) is 0 Å². The van der Waals surface area contributed by atoms with E-state index >= 15 is 0 Å². The smallest absolute Gasteiger partial charge is 0.168 e. The Morgan fingerprint density at radius 2 is 1.71 bits per heavy atom. The number of carbonyl (C=O) groups is 2. The predicted molar refractivity (Wildman–Crippen MR) is 89.0 cm³/mol. The highest BCUT2D eigenvalue weighted by Crippen LogP contribution is 2.71. The molecule has 0 aromatic heterocycles. The molecule has 4 heteroatoms. The number of allylic oxidation sites excluding steroid dienone is 1. The van der Waals surface area contributed by atoms with E-state index in [9.17, 15) is 19.8 Å². The molecule has 0 radical (unpaired) electrons. The Kier molecular flexibility index (Phi) is 3.01. The van der Waals surface area contributed by atoms with Crippen LogP contribution in [0, 0.1) is 34.0 Å². The monoisotopic (exact) mass is 332 g/mol. The fraction of sp³-hybridized carbons (Fsp3) is 0.800. The van der Waals surface area contributed by atoms with E-state index in [4.69, 9.17) is 0 Å². The highest BCUT2D eigenvalue weighted by atomic mass is 16.3. The maximum absolute atomic E-state index is 13.5. The SMILES string of the molecule is C[C@@H]1CC2=C(C1=O)[C@H](O)[C@@]1(C)CC[C@H]3[C@@H]([C@@H](O)[C@]1(C)C2=O)C3(C)C. The molecule has 0 unspecified atom stereocenters. The summed E-state index contributed by atoms with van der Waals surface area (Å²) in [6.45, 7) is 9.87. The van der Waals surface area contributed by atoms with Crippen molar-refractivity contribution in [3.05, 3.63) is 11.1 Å². The molecule has 0 bridgehead atoms. The normalized spacial score (nSPS) is 52.5. The predicted octanol–water partition coefficient (Wildman–Crippen LogP) is 2.28. The van der Waals surface area contributed by atoms with Gasteiger partial charge in [0.1, 0.15) is 0 Å². The average molecular weight is 332 g/mol. The first-order valence-electron chi connectivity index (χ1n) is 9.17. The molecular weight excluding hydrogens is 304 g/mol. The summed E-state index contributed by atoms with van der Waals surface area (Å²) < 4.78 is 0. The molecule has 0 aromatic carbocycles. The molecule has 0 amide bonds. The van der Waals surface area contributed by atoms with Gasteiger partial charge < -0.3 is 10.2 Å². The lowest BCUT2D eigenvalue weighted by Crippen LogP contribution is -2.61. The Balaban J connectivity index is 1.89. The molecule has 4 aliphatic carbocycles. The topological polar surface area (TPSA) is 74.6 Å². The Bertz CT molecular complexity index is 690. The molecule has 132 valence electrons. The van der Waals surface area contributed by atoms with Gasteiger partial charge in [0.15, 0.2) is 11.6 Å². The first-order valence-corrected chi connectivity index (χ1v) is 9.17. The second kappa shape index (κ2) is 4.39. The molecule has 0 spiro atoms. The van der Waals surface area contributed by atoms with Crippen LogP contribution >= 0.6 is 0 Å². The van der Waals surface area contributed by atoms with Crippen LogP contribution in [-0.2, 0) is 9.59 Å². The van der Waals surface area contributed by atoms with Gasteiger partial charge in [-0.2, -0.15) is 0 Å². The lowest BCUT2D eigenvalue weighted by molar-refractivity contribution is -0.161. The summed E-state index contributed by atoms with van der Waals surface area (Å²) in [5.41, 5.74) is -0.943. The maximum atomic E-state index is 13.5. The first-order chi connectivity index (χ1) is 11.0. The van der Waals surface area contributed by atoms with Crippen molar-refractivity contribution >= 4 is 11.6 Å². The average Bonchev–Trinajstić information content (AvgIpc) is 2.97. The largest absolute Gasteiger partial charge is 0.392 e. The number of rotatable bonds is 0. The van der Waals surface area contributed by atoms with Crippen molar-refractivity contribution in [3.63, 3.8) is 0 Å². The fourth-order valence-corrected chi connectivity index (χ4v) is 6.26. The molecule has 4 aliphatic rings. The summed E-state index contributed by atoms with van der Waals surface area (Å²) in [5.74, 6) is 0.0518. The number of carbonyl (C=O) groups excluding carboxylic acids is 2. The van der Waals surface area contributed by atoms with Crippen LogP contribution in [0.1, 0.15) is 53.9 Å². The van der Waals surface area contributed by atoms with Gasteiger partial charge in [-0.1, -0.05) is 27.7 Å². The lowest BCUT2D eigenvalue weighted by Gasteiger charge is -2.53. The summed E-state index contributed by atoms with van der Waals surface area (Å²) in [5, 5.41) is 22.4. The minimum atomic E-state index is -1.03. The minimum Gasteiger partial charge on any atom is -0.392 e. The molecule has 7 atom stereocenters. The second-order valence-electron chi connectivity index (χ2n) is 9.65. The van der Waals surface area contributed by atoms with Gasteiger partial charge in [-0.15, -0.1) is 0 Å². The van der Waals surface area contributed by atoms with E-state index in [1.54, 1.807) is 0 Å². The van der Waals surface area contributed by atoms with Crippen LogP contribution < -0.4 is 0 Å². The highest BCUT2D eigenvalue weighted by molar-refractivity contribution is 6.15. The number of fused-ring (bicyclic) bond motifs is 2. The first kappa shape index (κ1) is 16.5. The zero-order valence-electron chi connectivity index (χ0n) is 15.2. The Hall–Kier alpha value is -1.00. The Morgan fingerprint density at radius 3 is 2.33 bits per heavy atom. The Labute approximate surface area is 143 Å². The molecule has 4 rings (SSSR count). The van der Waals surface area contributed by atoms with Crippen LogP contribution in [0.3, 0.4) is 0 Å². The number of Topliss-reactive ketones (excluding diaryl/α,β-unsaturated/α-hetero) is 2. The van der Waals surface area contributed by atoms with Crippen molar-refractivity contribution in [3.8, 4) is 0 Å².